The molecular weight excluding hydrogens is 302 g/mol. The molecule has 2 aromatic rings. The van der Waals surface area contributed by atoms with E-state index in [0.717, 1.165) is 48.7 Å². The molecule has 1 saturated heterocycles. The predicted octanol–water partition coefficient (Wildman–Crippen LogP) is 2.94. The second-order valence-corrected chi connectivity index (χ2v) is 6.58. The zero-order valence-electron chi connectivity index (χ0n) is 14.2. The van der Waals surface area contributed by atoms with E-state index >= 15 is 0 Å². The molecule has 0 bridgehead atoms. The minimum atomic E-state index is 0.0268. The van der Waals surface area contributed by atoms with Crippen LogP contribution in [0.15, 0.2) is 30.5 Å². The first-order valence-corrected chi connectivity index (χ1v) is 8.41. The third-order valence-corrected chi connectivity index (χ3v) is 5.08. The number of methoxy groups -OCH3 is 1. The summed E-state index contributed by atoms with van der Waals surface area (Å²) in [6.45, 7) is 4.51. The number of nitrogens with zero attached hydrogens (tertiary/aromatic N) is 2. The van der Waals surface area contributed by atoms with E-state index in [0.29, 0.717) is 6.04 Å². The Hall–Kier alpha value is -2.11. The van der Waals surface area contributed by atoms with Crippen LogP contribution in [0.4, 0.5) is 11.4 Å². The number of nitrogens with two attached hydrogens (primary N) is 1. The Morgan fingerprint density at radius 3 is 3.04 bits per heavy atom. The maximum Gasteiger partial charge on any atom is 0.103 e. The van der Waals surface area contributed by atoms with E-state index in [1.54, 1.807) is 7.11 Å². The maximum absolute atomic E-state index is 5.99. The van der Waals surface area contributed by atoms with Gasteiger partial charge in [0.2, 0.25) is 0 Å². The highest BCUT2D eigenvalue weighted by Crippen LogP contribution is 2.40. The van der Waals surface area contributed by atoms with Crippen LogP contribution in [-0.4, -0.2) is 37.9 Å². The molecule has 1 fully saturated rings. The SMILES string of the molecule is COC1CC2COCCN2c2cc(-c3cc(N)ccc3C)cnc21. The lowest BCUT2D eigenvalue weighted by molar-refractivity contribution is 0.0382. The van der Waals surface area contributed by atoms with Crippen LogP contribution in [-0.2, 0) is 9.47 Å². The number of anilines is 2. The van der Waals surface area contributed by atoms with Gasteiger partial charge in [-0.15, -0.1) is 0 Å². The van der Waals surface area contributed by atoms with Gasteiger partial charge >= 0.3 is 0 Å². The molecule has 126 valence electrons. The standard InChI is InChI=1S/C19H23N3O2/c1-12-3-4-14(20)8-16(12)13-7-17-19(21-10-13)18(23-2)9-15-11-24-6-5-22(15)17/h3-4,7-8,10,15,18H,5-6,9,11,20H2,1-2H3. The highest BCUT2D eigenvalue weighted by atomic mass is 16.5. The van der Waals surface area contributed by atoms with Crippen LogP contribution in [0.25, 0.3) is 11.1 Å². The Bertz CT molecular complexity index is 762. The molecule has 2 atom stereocenters. The number of ether oxygens (including phenoxy) is 2. The van der Waals surface area contributed by atoms with E-state index in [4.69, 9.17) is 20.2 Å². The molecular formula is C19H23N3O2. The third-order valence-electron chi connectivity index (χ3n) is 5.08. The van der Waals surface area contributed by atoms with Gasteiger partial charge in [0.25, 0.3) is 0 Å². The maximum atomic E-state index is 5.99. The summed E-state index contributed by atoms with van der Waals surface area (Å²) in [6, 6.07) is 8.60. The number of rotatable bonds is 2. The lowest BCUT2D eigenvalue weighted by Gasteiger charge is -2.43. The lowest BCUT2D eigenvalue weighted by atomic mass is 9.93. The van der Waals surface area contributed by atoms with Crippen molar-refractivity contribution < 1.29 is 9.47 Å². The number of benzene rings is 1. The second-order valence-electron chi connectivity index (χ2n) is 6.58. The molecule has 24 heavy (non-hydrogen) atoms. The number of hydrogen-bond acceptors (Lipinski definition) is 5. The van der Waals surface area contributed by atoms with Crippen LogP contribution >= 0.6 is 0 Å². The smallest absolute Gasteiger partial charge is 0.103 e. The minimum absolute atomic E-state index is 0.0268. The first kappa shape index (κ1) is 15.4. The molecule has 3 heterocycles. The summed E-state index contributed by atoms with van der Waals surface area (Å²) in [5.41, 5.74) is 12.4. The van der Waals surface area contributed by atoms with Gasteiger partial charge < -0.3 is 20.1 Å². The second kappa shape index (κ2) is 6.07. The number of hydrogen-bond donors (Lipinski definition) is 1. The van der Waals surface area contributed by atoms with Crippen molar-refractivity contribution in [3.05, 3.63) is 41.7 Å². The monoisotopic (exact) mass is 325 g/mol. The van der Waals surface area contributed by atoms with Crippen molar-refractivity contribution >= 4 is 11.4 Å². The molecule has 0 saturated carbocycles. The quantitative estimate of drug-likeness (QED) is 0.860. The molecule has 0 amide bonds. The number of aryl methyl sites for hydroxylation is 1. The summed E-state index contributed by atoms with van der Waals surface area (Å²) >= 11 is 0. The van der Waals surface area contributed by atoms with E-state index < -0.39 is 0 Å². The van der Waals surface area contributed by atoms with Crippen molar-refractivity contribution in [1.82, 2.24) is 4.98 Å². The Morgan fingerprint density at radius 2 is 2.21 bits per heavy atom. The predicted molar refractivity (Wildman–Crippen MR) is 95.1 cm³/mol. The Balaban J connectivity index is 1.82. The summed E-state index contributed by atoms with van der Waals surface area (Å²) in [5, 5.41) is 0. The van der Waals surface area contributed by atoms with Crippen LogP contribution in [0.1, 0.15) is 23.8 Å². The highest BCUT2D eigenvalue weighted by Gasteiger charge is 2.35. The van der Waals surface area contributed by atoms with Crippen LogP contribution in [0, 0.1) is 6.92 Å². The lowest BCUT2D eigenvalue weighted by Crippen LogP contribution is -2.49. The molecule has 0 aliphatic carbocycles. The summed E-state index contributed by atoms with van der Waals surface area (Å²) in [6.07, 6.45) is 2.89. The van der Waals surface area contributed by atoms with Crippen molar-refractivity contribution in [2.24, 2.45) is 0 Å². The summed E-state index contributed by atoms with van der Waals surface area (Å²) in [7, 11) is 1.76. The van der Waals surface area contributed by atoms with Gasteiger partial charge in [-0.05, 0) is 36.2 Å². The number of pyridine rings is 1. The Labute approximate surface area is 142 Å². The fraction of sp³-hybridized carbons (Fsp3) is 0.421. The fourth-order valence-corrected chi connectivity index (χ4v) is 3.77. The van der Waals surface area contributed by atoms with E-state index in [1.165, 1.54) is 11.3 Å². The first-order valence-electron chi connectivity index (χ1n) is 8.41. The van der Waals surface area contributed by atoms with E-state index in [2.05, 4.69) is 24.0 Å². The van der Waals surface area contributed by atoms with Crippen LogP contribution in [0.3, 0.4) is 0 Å². The zero-order valence-corrected chi connectivity index (χ0v) is 14.2. The zero-order chi connectivity index (χ0) is 16.7. The van der Waals surface area contributed by atoms with E-state index in [1.807, 2.05) is 18.3 Å². The molecule has 1 aromatic heterocycles. The summed E-state index contributed by atoms with van der Waals surface area (Å²) < 4.78 is 11.4. The van der Waals surface area contributed by atoms with Gasteiger partial charge in [-0.2, -0.15) is 0 Å². The largest absolute Gasteiger partial charge is 0.399 e. The number of fused-ring (bicyclic) bond motifs is 3. The van der Waals surface area contributed by atoms with Gasteiger partial charge in [0.1, 0.15) is 6.10 Å². The van der Waals surface area contributed by atoms with Crippen molar-refractivity contribution in [1.29, 1.82) is 0 Å². The van der Waals surface area contributed by atoms with Crippen molar-refractivity contribution in [3.63, 3.8) is 0 Å². The van der Waals surface area contributed by atoms with Gasteiger partial charge in [0, 0.05) is 37.5 Å². The van der Waals surface area contributed by atoms with Crippen molar-refractivity contribution in [2.75, 3.05) is 37.5 Å². The molecule has 2 unspecified atom stereocenters. The molecule has 0 radical (unpaired) electrons. The molecule has 2 aliphatic rings. The van der Waals surface area contributed by atoms with Gasteiger partial charge in [0.15, 0.2) is 0 Å². The Kier molecular flexibility index (Phi) is 3.90. The first-order chi connectivity index (χ1) is 11.7. The van der Waals surface area contributed by atoms with Gasteiger partial charge in [0.05, 0.1) is 30.6 Å². The van der Waals surface area contributed by atoms with Crippen LogP contribution in [0.5, 0.6) is 0 Å². The van der Waals surface area contributed by atoms with Crippen LogP contribution < -0.4 is 10.6 Å². The summed E-state index contributed by atoms with van der Waals surface area (Å²) in [5.74, 6) is 0. The summed E-state index contributed by atoms with van der Waals surface area (Å²) in [4.78, 5) is 7.18. The number of aromatic nitrogens is 1. The molecule has 0 spiro atoms. The molecule has 1 aromatic carbocycles. The van der Waals surface area contributed by atoms with Crippen molar-refractivity contribution in [3.8, 4) is 11.1 Å². The Morgan fingerprint density at radius 1 is 1.33 bits per heavy atom. The average Bonchev–Trinajstić information content (AvgIpc) is 2.62. The van der Waals surface area contributed by atoms with Crippen LogP contribution in [0.2, 0.25) is 0 Å². The molecule has 5 nitrogen and oxygen atoms in total. The van der Waals surface area contributed by atoms with E-state index in [-0.39, 0.29) is 6.10 Å². The number of morpholine rings is 1. The average molecular weight is 325 g/mol. The molecule has 2 N–H and O–H groups in total. The van der Waals surface area contributed by atoms with Crippen molar-refractivity contribution in [2.45, 2.75) is 25.5 Å². The normalized spacial score (nSPS) is 22.8. The fourth-order valence-electron chi connectivity index (χ4n) is 3.77. The molecule has 4 rings (SSSR count). The third kappa shape index (κ3) is 2.54. The van der Waals surface area contributed by atoms with E-state index in [9.17, 15) is 0 Å². The topological polar surface area (TPSA) is 60.6 Å². The highest BCUT2D eigenvalue weighted by molar-refractivity contribution is 5.74. The molecule has 2 aliphatic heterocycles. The minimum Gasteiger partial charge on any atom is -0.399 e. The van der Waals surface area contributed by atoms with Gasteiger partial charge in [-0.1, -0.05) is 6.07 Å². The number of nitrogen functional groups attached to an aromatic ring is 1. The molecule has 5 heteroatoms. The van der Waals surface area contributed by atoms with Gasteiger partial charge in [-0.3, -0.25) is 4.98 Å². The van der Waals surface area contributed by atoms with Gasteiger partial charge in [-0.25, -0.2) is 0 Å².